The number of hydrogen-bond acceptors (Lipinski definition) is 3. The van der Waals surface area contributed by atoms with Crippen molar-refractivity contribution in [3.05, 3.63) is 29.8 Å². The average molecular weight is 270 g/mol. The minimum atomic E-state index is -2.77. The van der Waals surface area contributed by atoms with E-state index >= 15 is 0 Å². The van der Waals surface area contributed by atoms with Crippen molar-refractivity contribution >= 4 is 0 Å². The fourth-order valence-electron chi connectivity index (χ4n) is 2.63. The van der Waals surface area contributed by atoms with Gasteiger partial charge >= 0.3 is 6.61 Å². The highest BCUT2D eigenvalue weighted by molar-refractivity contribution is 5.27. The van der Waals surface area contributed by atoms with E-state index in [1.54, 1.807) is 24.3 Å². The van der Waals surface area contributed by atoms with Crippen molar-refractivity contribution in [2.45, 2.75) is 38.5 Å². The fraction of sp³-hybridized carbons (Fsp3) is 0.571. The van der Waals surface area contributed by atoms with E-state index in [1.807, 2.05) is 0 Å². The van der Waals surface area contributed by atoms with Crippen LogP contribution in [0.1, 0.15) is 24.8 Å². The number of halogens is 2. The van der Waals surface area contributed by atoms with Gasteiger partial charge in [-0.1, -0.05) is 18.6 Å². The Balaban J connectivity index is 1.82. The number of hydrogen-bond donors (Lipinski definition) is 2. The summed E-state index contributed by atoms with van der Waals surface area (Å²) in [7, 11) is 0. The molecule has 0 radical (unpaired) electrons. The van der Waals surface area contributed by atoms with Crippen molar-refractivity contribution < 1.29 is 13.5 Å². The highest BCUT2D eigenvalue weighted by atomic mass is 19.3. The van der Waals surface area contributed by atoms with E-state index in [-0.39, 0.29) is 5.75 Å². The van der Waals surface area contributed by atoms with E-state index in [1.165, 1.54) is 12.8 Å². The molecule has 19 heavy (non-hydrogen) atoms. The van der Waals surface area contributed by atoms with Gasteiger partial charge in [-0.3, -0.25) is 0 Å². The second-order valence-corrected chi connectivity index (χ2v) is 4.94. The maximum atomic E-state index is 12.0. The highest BCUT2D eigenvalue weighted by Crippen LogP contribution is 2.25. The Morgan fingerprint density at radius 3 is 2.63 bits per heavy atom. The number of nitrogens with two attached hydrogens (primary N) is 1. The molecule has 2 rings (SSSR count). The van der Waals surface area contributed by atoms with Gasteiger partial charge in [0.15, 0.2) is 0 Å². The van der Waals surface area contributed by atoms with Gasteiger partial charge in [0.1, 0.15) is 5.75 Å². The van der Waals surface area contributed by atoms with Gasteiger partial charge in [-0.2, -0.15) is 8.78 Å². The Hall–Kier alpha value is -1.20. The first-order valence-corrected chi connectivity index (χ1v) is 6.66. The van der Waals surface area contributed by atoms with Crippen LogP contribution in [0.4, 0.5) is 8.78 Å². The molecule has 0 saturated heterocycles. The van der Waals surface area contributed by atoms with Gasteiger partial charge in [0, 0.05) is 12.6 Å². The Bertz CT molecular complexity index is 384. The number of rotatable bonds is 6. The van der Waals surface area contributed by atoms with E-state index in [4.69, 9.17) is 5.73 Å². The summed E-state index contributed by atoms with van der Waals surface area (Å²) in [5.41, 5.74) is 6.79. The van der Waals surface area contributed by atoms with Crippen molar-refractivity contribution in [3.63, 3.8) is 0 Å². The molecule has 3 N–H and O–H groups in total. The monoisotopic (exact) mass is 270 g/mol. The van der Waals surface area contributed by atoms with Gasteiger partial charge in [0.2, 0.25) is 0 Å². The molecule has 0 aliphatic heterocycles. The third-order valence-electron chi connectivity index (χ3n) is 3.68. The zero-order valence-corrected chi connectivity index (χ0v) is 10.8. The topological polar surface area (TPSA) is 47.3 Å². The minimum absolute atomic E-state index is 0.194. The molecule has 0 amide bonds. The van der Waals surface area contributed by atoms with Gasteiger partial charge in [-0.25, -0.2) is 0 Å². The molecule has 2 unspecified atom stereocenters. The molecule has 106 valence electrons. The molecule has 1 aliphatic carbocycles. The van der Waals surface area contributed by atoms with Crippen LogP contribution in [0.2, 0.25) is 0 Å². The standard InChI is InChI=1S/C14H20F2N2O/c15-14(16)19-12-6-4-10(5-7-12)9-18-13-3-1-2-11(13)8-17/h4-7,11,13-14,18H,1-3,8-9,17H2. The van der Waals surface area contributed by atoms with Crippen molar-refractivity contribution in [2.75, 3.05) is 6.54 Å². The summed E-state index contributed by atoms with van der Waals surface area (Å²) in [5.74, 6) is 0.751. The van der Waals surface area contributed by atoms with E-state index in [0.717, 1.165) is 25.1 Å². The van der Waals surface area contributed by atoms with Crippen LogP contribution in [0.15, 0.2) is 24.3 Å². The summed E-state index contributed by atoms with van der Waals surface area (Å²) in [6.45, 7) is -1.32. The molecule has 1 fully saturated rings. The Morgan fingerprint density at radius 2 is 2.00 bits per heavy atom. The van der Waals surface area contributed by atoms with Crippen molar-refractivity contribution in [1.82, 2.24) is 5.32 Å². The van der Waals surface area contributed by atoms with Gasteiger partial charge in [0.05, 0.1) is 0 Å². The van der Waals surface area contributed by atoms with Gasteiger partial charge in [-0.15, -0.1) is 0 Å². The van der Waals surface area contributed by atoms with E-state index in [9.17, 15) is 8.78 Å². The van der Waals surface area contributed by atoms with E-state index in [2.05, 4.69) is 10.1 Å². The first-order chi connectivity index (χ1) is 9.19. The van der Waals surface area contributed by atoms with Crippen LogP contribution in [0, 0.1) is 5.92 Å². The minimum Gasteiger partial charge on any atom is -0.435 e. The summed E-state index contributed by atoms with van der Waals surface area (Å²) in [6, 6.07) is 7.21. The summed E-state index contributed by atoms with van der Waals surface area (Å²) in [6.07, 6.45) is 3.57. The Kier molecular flexibility index (Phi) is 5.10. The maximum absolute atomic E-state index is 12.0. The molecule has 3 nitrogen and oxygen atoms in total. The molecule has 0 heterocycles. The van der Waals surface area contributed by atoms with Crippen LogP contribution in [0.5, 0.6) is 5.75 Å². The van der Waals surface area contributed by atoms with E-state index in [0.29, 0.717) is 12.0 Å². The van der Waals surface area contributed by atoms with Crippen LogP contribution in [-0.2, 0) is 6.54 Å². The van der Waals surface area contributed by atoms with Crippen LogP contribution in [0.25, 0.3) is 0 Å². The Morgan fingerprint density at radius 1 is 1.26 bits per heavy atom. The van der Waals surface area contributed by atoms with Crippen LogP contribution in [-0.4, -0.2) is 19.2 Å². The molecule has 0 spiro atoms. The number of nitrogens with one attached hydrogen (secondary N) is 1. The van der Waals surface area contributed by atoms with E-state index < -0.39 is 6.61 Å². The van der Waals surface area contributed by atoms with Crippen LogP contribution >= 0.6 is 0 Å². The largest absolute Gasteiger partial charge is 0.435 e. The normalized spacial score (nSPS) is 22.9. The molecule has 2 atom stereocenters. The molecule has 1 saturated carbocycles. The first-order valence-electron chi connectivity index (χ1n) is 6.66. The number of alkyl halides is 2. The molecule has 1 aromatic rings. The molecular formula is C14H20F2N2O. The Labute approximate surface area is 112 Å². The summed E-state index contributed by atoms with van der Waals surface area (Å²) in [4.78, 5) is 0. The summed E-state index contributed by atoms with van der Waals surface area (Å²) in [5, 5.41) is 3.49. The van der Waals surface area contributed by atoms with Crippen molar-refractivity contribution in [3.8, 4) is 5.75 Å². The SMILES string of the molecule is NCC1CCCC1NCc1ccc(OC(F)F)cc1. The average Bonchev–Trinajstić information content (AvgIpc) is 2.84. The second kappa shape index (κ2) is 6.82. The van der Waals surface area contributed by atoms with Gasteiger partial charge in [0.25, 0.3) is 0 Å². The highest BCUT2D eigenvalue weighted by Gasteiger charge is 2.25. The lowest BCUT2D eigenvalue weighted by Crippen LogP contribution is -2.35. The molecule has 0 aromatic heterocycles. The van der Waals surface area contributed by atoms with Crippen molar-refractivity contribution in [2.24, 2.45) is 11.7 Å². The second-order valence-electron chi connectivity index (χ2n) is 4.94. The van der Waals surface area contributed by atoms with Crippen molar-refractivity contribution in [1.29, 1.82) is 0 Å². The van der Waals surface area contributed by atoms with Gasteiger partial charge < -0.3 is 15.8 Å². The molecule has 1 aliphatic rings. The molecule has 1 aromatic carbocycles. The molecular weight excluding hydrogens is 250 g/mol. The number of benzene rings is 1. The van der Waals surface area contributed by atoms with Crippen LogP contribution in [0.3, 0.4) is 0 Å². The zero-order chi connectivity index (χ0) is 13.7. The molecule has 0 bridgehead atoms. The third kappa shape index (κ3) is 4.14. The lowest BCUT2D eigenvalue weighted by Gasteiger charge is -2.19. The lowest BCUT2D eigenvalue weighted by atomic mass is 10.0. The predicted octanol–water partition coefficient (Wildman–Crippen LogP) is 2.51. The predicted molar refractivity (Wildman–Crippen MR) is 70.1 cm³/mol. The first kappa shape index (κ1) is 14.2. The van der Waals surface area contributed by atoms with Gasteiger partial charge in [-0.05, 0) is 43.0 Å². The summed E-state index contributed by atoms with van der Waals surface area (Å²) >= 11 is 0. The number of ether oxygens (including phenoxy) is 1. The lowest BCUT2D eigenvalue weighted by molar-refractivity contribution is -0.0498. The summed E-state index contributed by atoms with van der Waals surface area (Å²) < 4.78 is 28.3. The fourth-order valence-corrected chi connectivity index (χ4v) is 2.63. The zero-order valence-electron chi connectivity index (χ0n) is 10.8. The third-order valence-corrected chi connectivity index (χ3v) is 3.68. The smallest absolute Gasteiger partial charge is 0.387 e. The quantitative estimate of drug-likeness (QED) is 0.835. The molecule has 5 heteroatoms. The maximum Gasteiger partial charge on any atom is 0.387 e. The van der Waals surface area contributed by atoms with Crippen LogP contribution < -0.4 is 15.8 Å².